The number of carbonyl (C=O) groups excluding carboxylic acids is 3. The van der Waals surface area contributed by atoms with Crippen molar-refractivity contribution in [3.05, 3.63) is 101 Å². The van der Waals surface area contributed by atoms with Gasteiger partial charge in [0.2, 0.25) is 0 Å². The zero-order chi connectivity index (χ0) is 36.1. The van der Waals surface area contributed by atoms with Crippen molar-refractivity contribution in [2.24, 2.45) is 17.6 Å². The zero-order valence-corrected chi connectivity index (χ0v) is 28.7. The predicted molar refractivity (Wildman–Crippen MR) is 189 cm³/mol. The highest BCUT2D eigenvalue weighted by atomic mass is 35.5. The molecule has 1 saturated carbocycles. The number of halogens is 3. The van der Waals surface area contributed by atoms with E-state index in [2.05, 4.69) is 4.98 Å². The fraction of sp³-hybridized carbons (Fsp3) is 0.316. The lowest BCUT2D eigenvalue weighted by Gasteiger charge is -2.33. The lowest BCUT2D eigenvalue weighted by molar-refractivity contribution is -0.193. The van der Waals surface area contributed by atoms with Crippen molar-refractivity contribution in [3.8, 4) is 16.9 Å². The summed E-state index contributed by atoms with van der Waals surface area (Å²) in [5.41, 5.74) is 9.25. The number of aromatic nitrogens is 4. The third-order valence-electron chi connectivity index (χ3n) is 10.0. The molecule has 3 aliphatic rings. The van der Waals surface area contributed by atoms with Crippen LogP contribution in [-0.4, -0.2) is 61.6 Å². The number of amides is 3. The van der Waals surface area contributed by atoms with E-state index >= 15 is 8.78 Å². The smallest absolute Gasteiger partial charge is 0.423 e. The number of fused-ring (bicyclic) bond motifs is 2. The van der Waals surface area contributed by atoms with Gasteiger partial charge < -0.3 is 15.4 Å². The van der Waals surface area contributed by atoms with E-state index in [0.717, 1.165) is 30.6 Å². The molecular formula is C38H34ClF2N7O4. The Morgan fingerprint density at radius 2 is 1.75 bits per heavy atom. The van der Waals surface area contributed by atoms with Crippen molar-refractivity contribution in [2.75, 3.05) is 18.0 Å². The number of primary amides is 1. The van der Waals surface area contributed by atoms with Crippen molar-refractivity contribution < 1.29 is 27.9 Å². The van der Waals surface area contributed by atoms with Gasteiger partial charge >= 0.3 is 12.0 Å². The Balaban J connectivity index is 1.14. The molecule has 2 aliphatic heterocycles. The van der Waals surface area contributed by atoms with Gasteiger partial charge in [0.1, 0.15) is 0 Å². The summed E-state index contributed by atoms with van der Waals surface area (Å²) < 4.78 is 37.1. The second kappa shape index (κ2) is 13.3. The van der Waals surface area contributed by atoms with Gasteiger partial charge in [0, 0.05) is 42.3 Å². The molecule has 2 aromatic carbocycles. The van der Waals surface area contributed by atoms with Gasteiger partial charge in [-0.25, -0.2) is 9.67 Å². The van der Waals surface area contributed by atoms with Gasteiger partial charge in [-0.1, -0.05) is 35.9 Å². The van der Waals surface area contributed by atoms with Crippen LogP contribution in [0, 0.1) is 11.8 Å². The number of pyridine rings is 2. The van der Waals surface area contributed by atoms with Gasteiger partial charge in [-0.15, -0.1) is 0 Å². The van der Waals surface area contributed by atoms with Crippen LogP contribution in [0.2, 0.25) is 5.02 Å². The Bertz CT molecular complexity index is 2200. The Morgan fingerprint density at radius 1 is 0.981 bits per heavy atom. The van der Waals surface area contributed by atoms with Crippen molar-refractivity contribution in [1.29, 1.82) is 0 Å². The summed E-state index contributed by atoms with van der Waals surface area (Å²) in [6, 6.07) is 16.9. The fourth-order valence-corrected chi connectivity index (χ4v) is 7.26. The molecule has 266 valence electrons. The van der Waals surface area contributed by atoms with E-state index in [1.807, 2.05) is 39.9 Å². The number of likely N-dealkylation sites (tertiary alicyclic amines) is 1. The summed E-state index contributed by atoms with van der Waals surface area (Å²) in [6.45, 7) is 1.52. The van der Waals surface area contributed by atoms with E-state index in [0.29, 0.717) is 76.1 Å². The lowest BCUT2D eigenvalue weighted by atomic mass is 9.93. The first-order valence-corrected chi connectivity index (χ1v) is 17.6. The van der Waals surface area contributed by atoms with E-state index in [1.165, 1.54) is 18.3 Å². The molecular weight excluding hydrogens is 692 g/mol. The molecule has 2 N–H and O–H groups in total. The molecule has 1 aliphatic carbocycles. The molecule has 0 radical (unpaired) electrons. The second-order valence-corrected chi connectivity index (χ2v) is 14.1. The minimum atomic E-state index is -4.15. The van der Waals surface area contributed by atoms with Gasteiger partial charge in [0.15, 0.2) is 11.4 Å². The molecule has 5 heterocycles. The van der Waals surface area contributed by atoms with Crippen LogP contribution in [0.4, 0.5) is 14.5 Å². The summed E-state index contributed by atoms with van der Waals surface area (Å²) >= 11 is 5.95. The average molecular weight is 726 g/mol. The van der Waals surface area contributed by atoms with Gasteiger partial charge in [0.05, 0.1) is 40.4 Å². The van der Waals surface area contributed by atoms with Crippen LogP contribution in [0.15, 0.2) is 73.1 Å². The SMILES string of the molecule is NC(=O)c1c(CC2CC2)nc2c(cnn2CC2CCN(C(=O)c3ccccc3)CC2)c1-c1ccc2c(c1)OC(F)(F)C(=O)N2Cc1ccc(Cl)cn1. The average Bonchev–Trinajstić information content (AvgIpc) is 3.88. The van der Waals surface area contributed by atoms with Crippen molar-refractivity contribution in [2.45, 2.75) is 51.3 Å². The van der Waals surface area contributed by atoms with E-state index in [4.69, 9.17) is 32.2 Å². The van der Waals surface area contributed by atoms with E-state index in [-0.39, 0.29) is 35.4 Å². The maximum Gasteiger partial charge on any atom is 0.482 e. The monoisotopic (exact) mass is 725 g/mol. The van der Waals surface area contributed by atoms with Gasteiger partial charge in [-0.2, -0.15) is 13.9 Å². The van der Waals surface area contributed by atoms with Crippen LogP contribution in [0.25, 0.3) is 22.2 Å². The molecule has 0 unspecified atom stereocenters. The number of hydrogen-bond donors (Lipinski definition) is 1. The minimum Gasteiger partial charge on any atom is -0.423 e. The van der Waals surface area contributed by atoms with Crippen LogP contribution in [0.5, 0.6) is 5.75 Å². The third-order valence-corrected chi connectivity index (χ3v) is 10.2. The standard InChI is InChI=1S/C38H34ClF2N7O4/c39-26-9-10-27(43-18-26)21-47-30-11-8-25(17-31(30)52-38(40,41)37(47)51)32-28-19-44-48(35(28)45-29(16-22-6-7-22)33(32)34(42)49)20-23-12-14-46(15-13-23)36(50)24-4-2-1-3-5-24/h1-5,8-11,17-19,22-23H,6-7,12-16,20-21H2,(H2,42,49). The molecule has 0 bridgehead atoms. The summed E-state index contributed by atoms with van der Waals surface area (Å²) in [5.74, 6) is -1.89. The number of ether oxygens (including phenoxy) is 1. The Hall–Kier alpha value is -5.43. The highest BCUT2D eigenvalue weighted by molar-refractivity contribution is 6.30. The predicted octanol–water partition coefficient (Wildman–Crippen LogP) is 6.27. The summed E-state index contributed by atoms with van der Waals surface area (Å²) in [5, 5.41) is 5.60. The zero-order valence-electron chi connectivity index (χ0n) is 28.0. The Morgan fingerprint density at radius 3 is 2.44 bits per heavy atom. The number of nitrogens with zero attached hydrogens (tertiary/aromatic N) is 6. The van der Waals surface area contributed by atoms with Crippen LogP contribution in [0.1, 0.15) is 57.8 Å². The summed E-state index contributed by atoms with van der Waals surface area (Å²) in [7, 11) is 0. The second-order valence-electron chi connectivity index (χ2n) is 13.6. The molecule has 0 spiro atoms. The molecule has 14 heteroatoms. The third kappa shape index (κ3) is 6.45. The quantitative estimate of drug-likeness (QED) is 0.189. The number of piperidine rings is 1. The molecule has 2 fully saturated rings. The fourth-order valence-electron chi connectivity index (χ4n) is 7.15. The molecule has 3 amide bonds. The molecule has 3 aromatic heterocycles. The number of hydrogen-bond acceptors (Lipinski definition) is 7. The molecule has 1 saturated heterocycles. The van der Waals surface area contributed by atoms with E-state index in [9.17, 15) is 14.4 Å². The van der Waals surface area contributed by atoms with Crippen molar-refractivity contribution >= 4 is 46.0 Å². The maximum atomic E-state index is 15.1. The minimum absolute atomic E-state index is 0.0134. The van der Waals surface area contributed by atoms with Crippen LogP contribution >= 0.6 is 11.6 Å². The number of alkyl halides is 2. The number of carbonyl (C=O) groups is 3. The Kier molecular flexibility index (Phi) is 8.60. The topological polar surface area (TPSA) is 137 Å². The van der Waals surface area contributed by atoms with Crippen molar-refractivity contribution in [3.63, 3.8) is 0 Å². The first-order chi connectivity index (χ1) is 25.1. The Labute approximate surface area is 302 Å². The van der Waals surface area contributed by atoms with Crippen LogP contribution in [0.3, 0.4) is 0 Å². The van der Waals surface area contributed by atoms with E-state index < -0.39 is 17.9 Å². The number of rotatable bonds is 9. The van der Waals surface area contributed by atoms with Crippen LogP contribution in [-0.2, 0) is 24.3 Å². The molecule has 8 rings (SSSR count). The maximum absolute atomic E-state index is 15.1. The highest BCUT2D eigenvalue weighted by Gasteiger charge is 2.50. The normalized spacial score (nSPS) is 17.2. The molecule has 11 nitrogen and oxygen atoms in total. The number of nitrogens with two attached hydrogens (primary N) is 1. The first-order valence-electron chi connectivity index (χ1n) is 17.2. The largest absolute Gasteiger partial charge is 0.482 e. The van der Waals surface area contributed by atoms with Gasteiger partial charge in [-0.3, -0.25) is 24.3 Å². The molecule has 0 atom stereocenters. The highest BCUT2D eigenvalue weighted by Crippen LogP contribution is 2.45. The molecule has 52 heavy (non-hydrogen) atoms. The van der Waals surface area contributed by atoms with Gasteiger partial charge in [-0.05, 0) is 85.9 Å². The number of benzene rings is 2. The summed E-state index contributed by atoms with van der Waals surface area (Å²) in [6.07, 6.45) is 2.93. The first kappa shape index (κ1) is 33.7. The molecule has 5 aromatic rings. The number of anilines is 1. The van der Waals surface area contributed by atoms with Crippen molar-refractivity contribution in [1.82, 2.24) is 24.6 Å². The lowest BCUT2D eigenvalue weighted by Crippen LogP contribution is -2.50. The summed E-state index contributed by atoms with van der Waals surface area (Å²) in [4.78, 5) is 51.0. The van der Waals surface area contributed by atoms with Gasteiger partial charge in [0.25, 0.3) is 11.8 Å². The van der Waals surface area contributed by atoms with Crippen LogP contribution < -0.4 is 15.4 Å². The van der Waals surface area contributed by atoms with E-state index in [1.54, 1.807) is 24.4 Å².